The van der Waals surface area contributed by atoms with Crippen molar-refractivity contribution in [2.24, 2.45) is 11.8 Å². The lowest BCUT2D eigenvalue weighted by molar-refractivity contribution is -0.120. The number of hydrogen-bond donors (Lipinski definition) is 2. The minimum absolute atomic E-state index is 0.194. The van der Waals surface area contributed by atoms with Crippen molar-refractivity contribution >= 4 is 27.5 Å². The first-order chi connectivity index (χ1) is 14.8. The van der Waals surface area contributed by atoms with E-state index in [-0.39, 0.29) is 35.7 Å². The van der Waals surface area contributed by atoms with Gasteiger partial charge < -0.3 is 10.6 Å². The molecular weight excluding hydrogens is 414 g/mol. The van der Waals surface area contributed by atoms with Gasteiger partial charge in [-0.25, -0.2) is 8.42 Å². The monoisotopic (exact) mass is 443 g/mol. The van der Waals surface area contributed by atoms with Crippen molar-refractivity contribution < 1.29 is 18.0 Å². The van der Waals surface area contributed by atoms with Crippen molar-refractivity contribution in [3.05, 3.63) is 60.2 Å². The van der Waals surface area contributed by atoms with E-state index in [9.17, 15) is 18.0 Å². The number of nitrogens with zero attached hydrogens (tertiary/aromatic N) is 1. The molecule has 0 radical (unpaired) electrons. The predicted molar refractivity (Wildman–Crippen MR) is 120 cm³/mol. The topological polar surface area (TPSA) is 95.6 Å². The van der Waals surface area contributed by atoms with Crippen LogP contribution < -0.4 is 10.6 Å². The zero-order valence-corrected chi connectivity index (χ0v) is 18.7. The summed E-state index contributed by atoms with van der Waals surface area (Å²) in [5.74, 6) is -0.411. The average Bonchev–Trinajstić information content (AvgIpc) is 2.78. The molecule has 166 valence electrons. The summed E-state index contributed by atoms with van der Waals surface area (Å²) >= 11 is 0. The highest BCUT2D eigenvalue weighted by Gasteiger charge is 2.32. The Morgan fingerprint density at radius 2 is 1.61 bits per heavy atom. The average molecular weight is 444 g/mol. The van der Waals surface area contributed by atoms with Crippen molar-refractivity contribution in [3.63, 3.8) is 0 Å². The molecule has 2 N–H and O–H groups in total. The van der Waals surface area contributed by atoms with Crippen molar-refractivity contribution in [1.82, 2.24) is 9.62 Å². The molecule has 0 bridgehead atoms. The van der Waals surface area contributed by atoms with Crippen molar-refractivity contribution in [2.45, 2.75) is 31.6 Å². The molecule has 0 aliphatic carbocycles. The van der Waals surface area contributed by atoms with Gasteiger partial charge in [-0.15, -0.1) is 0 Å². The van der Waals surface area contributed by atoms with E-state index in [1.165, 1.54) is 4.31 Å². The fourth-order valence-corrected chi connectivity index (χ4v) is 5.01. The molecule has 2 amide bonds. The molecule has 0 unspecified atom stereocenters. The summed E-state index contributed by atoms with van der Waals surface area (Å²) in [6.07, 6.45) is 0.860. The van der Waals surface area contributed by atoms with E-state index in [0.717, 1.165) is 0 Å². The molecule has 31 heavy (non-hydrogen) atoms. The van der Waals surface area contributed by atoms with Crippen LogP contribution in [0.1, 0.15) is 37.0 Å². The Kier molecular flexibility index (Phi) is 7.46. The van der Waals surface area contributed by atoms with Gasteiger partial charge in [0.05, 0.1) is 16.1 Å². The minimum Gasteiger partial charge on any atom is -0.352 e. The molecule has 8 heteroatoms. The molecule has 0 aromatic heterocycles. The van der Waals surface area contributed by atoms with Gasteiger partial charge in [0.1, 0.15) is 0 Å². The number of carbonyl (C=O) groups is 2. The first-order valence-corrected chi connectivity index (χ1v) is 12.0. The number of rotatable bonds is 7. The Morgan fingerprint density at radius 3 is 2.26 bits per heavy atom. The van der Waals surface area contributed by atoms with Crippen LogP contribution in [0.5, 0.6) is 0 Å². The first-order valence-electron chi connectivity index (χ1n) is 10.5. The van der Waals surface area contributed by atoms with Crippen LogP contribution >= 0.6 is 0 Å². The molecule has 1 saturated heterocycles. The highest BCUT2D eigenvalue weighted by atomic mass is 32.2. The molecule has 1 heterocycles. The fourth-order valence-electron chi connectivity index (χ4n) is 3.52. The summed E-state index contributed by atoms with van der Waals surface area (Å²) in [5, 5.41) is 5.73. The number of sulfonamides is 1. The van der Waals surface area contributed by atoms with E-state index in [0.29, 0.717) is 36.6 Å². The third kappa shape index (κ3) is 5.71. The Bertz CT molecular complexity index is 1010. The second-order valence-electron chi connectivity index (χ2n) is 8.13. The first kappa shape index (κ1) is 23.0. The smallest absolute Gasteiger partial charge is 0.253 e. The number of anilines is 1. The molecule has 7 nitrogen and oxygen atoms in total. The summed E-state index contributed by atoms with van der Waals surface area (Å²) in [5.41, 5.74) is 0.883. The Morgan fingerprint density at radius 1 is 1.00 bits per heavy atom. The van der Waals surface area contributed by atoms with Gasteiger partial charge in [0.2, 0.25) is 15.9 Å². The maximum Gasteiger partial charge on any atom is 0.253 e. The van der Waals surface area contributed by atoms with Crippen LogP contribution in [0.4, 0.5) is 5.69 Å². The largest absolute Gasteiger partial charge is 0.352 e. The lowest BCUT2D eigenvalue weighted by Crippen LogP contribution is -2.41. The Hall–Kier alpha value is -2.71. The van der Waals surface area contributed by atoms with E-state index in [1.54, 1.807) is 54.6 Å². The Balaban J connectivity index is 1.62. The molecule has 1 fully saturated rings. The number of para-hydroxylation sites is 1. The standard InChI is InChI=1S/C23H29N3O4S/c1-17(2)16-24-23(28)20-10-6-7-11-21(20)25-22(27)18-12-14-26(15-13-18)31(29,30)19-8-4-3-5-9-19/h3-11,17-18H,12-16H2,1-2H3,(H,24,28)(H,25,27). The minimum atomic E-state index is -3.55. The summed E-state index contributed by atoms with van der Waals surface area (Å²) in [6.45, 7) is 5.14. The van der Waals surface area contributed by atoms with Crippen LogP contribution in [-0.4, -0.2) is 44.2 Å². The molecule has 3 rings (SSSR count). The summed E-state index contributed by atoms with van der Waals surface area (Å²) in [4.78, 5) is 25.6. The van der Waals surface area contributed by atoms with E-state index >= 15 is 0 Å². The maximum atomic E-state index is 12.8. The second kappa shape index (κ2) is 10.1. The van der Waals surface area contributed by atoms with Gasteiger partial charge in [0, 0.05) is 25.6 Å². The van der Waals surface area contributed by atoms with Crippen molar-refractivity contribution in [2.75, 3.05) is 25.0 Å². The zero-order valence-electron chi connectivity index (χ0n) is 17.9. The molecule has 1 aliphatic heterocycles. The number of hydrogen-bond acceptors (Lipinski definition) is 4. The molecule has 0 spiro atoms. The number of carbonyl (C=O) groups excluding carboxylic acids is 2. The second-order valence-corrected chi connectivity index (χ2v) is 10.1. The van der Waals surface area contributed by atoms with Gasteiger partial charge in [-0.2, -0.15) is 4.31 Å². The summed E-state index contributed by atoms with van der Waals surface area (Å²) in [6, 6.07) is 15.2. The lowest BCUT2D eigenvalue weighted by Gasteiger charge is -2.30. The van der Waals surface area contributed by atoms with E-state index in [1.807, 2.05) is 13.8 Å². The van der Waals surface area contributed by atoms with Crippen LogP contribution in [0.2, 0.25) is 0 Å². The van der Waals surface area contributed by atoms with Gasteiger partial charge in [0.25, 0.3) is 5.91 Å². The van der Waals surface area contributed by atoms with E-state index < -0.39 is 10.0 Å². The Labute approximate surface area is 183 Å². The van der Waals surface area contributed by atoms with Gasteiger partial charge in [-0.3, -0.25) is 9.59 Å². The van der Waals surface area contributed by atoms with Crippen molar-refractivity contribution in [3.8, 4) is 0 Å². The van der Waals surface area contributed by atoms with Gasteiger partial charge in [-0.1, -0.05) is 44.2 Å². The number of benzene rings is 2. The van der Waals surface area contributed by atoms with Crippen molar-refractivity contribution in [1.29, 1.82) is 0 Å². The normalized spacial score (nSPS) is 15.6. The zero-order chi connectivity index (χ0) is 22.4. The third-order valence-electron chi connectivity index (χ3n) is 5.31. The summed E-state index contributed by atoms with van der Waals surface area (Å²) < 4.78 is 27.0. The number of piperidine rings is 1. The highest BCUT2D eigenvalue weighted by molar-refractivity contribution is 7.89. The molecule has 0 saturated carbocycles. The van der Waals surface area contributed by atoms with Crippen LogP contribution in [0.3, 0.4) is 0 Å². The van der Waals surface area contributed by atoms with Gasteiger partial charge >= 0.3 is 0 Å². The van der Waals surface area contributed by atoms with Crippen LogP contribution in [0.15, 0.2) is 59.5 Å². The van der Waals surface area contributed by atoms with Gasteiger partial charge in [-0.05, 0) is 43.0 Å². The number of amides is 2. The highest BCUT2D eigenvalue weighted by Crippen LogP contribution is 2.25. The van der Waals surface area contributed by atoms with Crippen LogP contribution in [0.25, 0.3) is 0 Å². The maximum absolute atomic E-state index is 12.8. The van der Waals surface area contributed by atoms with Gasteiger partial charge in [0.15, 0.2) is 0 Å². The third-order valence-corrected chi connectivity index (χ3v) is 7.22. The predicted octanol–water partition coefficient (Wildman–Crippen LogP) is 3.11. The molecule has 2 aromatic carbocycles. The summed E-state index contributed by atoms with van der Waals surface area (Å²) in [7, 11) is -3.55. The van der Waals surface area contributed by atoms with E-state index in [4.69, 9.17) is 0 Å². The SMILES string of the molecule is CC(C)CNC(=O)c1ccccc1NC(=O)C1CCN(S(=O)(=O)c2ccccc2)CC1. The quantitative estimate of drug-likeness (QED) is 0.687. The number of nitrogens with one attached hydrogen (secondary N) is 2. The van der Waals surface area contributed by atoms with Crippen LogP contribution in [-0.2, 0) is 14.8 Å². The van der Waals surface area contributed by atoms with E-state index in [2.05, 4.69) is 10.6 Å². The molecule has 0 atom stereocenters. The fraction of sp³-hybridized carbons (Fsp3) is 0.391. The lowest BCUT2D eigenvalue weighted by atomic mass is 9.97. The molecular formula is C23H29N3O4S. The van der Waals surface area contributed by atoms with Crippen LogP contribution in [0, 0.1) is 11.8 Å². The molecule has 2 aromatic rings. The molecule has 1 aliphatic rings.